The second-order valence-corrected chi connectivity index (χ2v) is 9.66. The van der Waals surface area contributed by atoms with Crippen LogP contribution in [0.15, 0.2) is 60.8 Å². The molecular formula is C28H22F5N3O4. The normalized spacial score (nSPS) is 19.1. The molecule has 1 saturated heterocycles. The molecule has 3 amide bonds. The van der Waals surface area contributed by atoms with Crippen molar-refractivity contribution in [3.63, 3.8) is 0 Å². The number of halogens is 5. The molecule has 2 aliphatic rings. The van der Waals surface area contributed by atoms with Crippen LogP contribution in [-0.4, -0.2) is 51.5 Å². The fourth-order valence-corrected chi connectivity index (χ4v) is 5.03. The number of nitrogens with zero attached hydrogens (tertiary/aromatic N) is 3. The van der Waals surface area contributed by atoms with Gasteiger partial charge in [0, 0.05) is 30.3 Å². The Morgan fingerprint density at radius 1 is 1.12 bits per heavy atom. The number of hydrogen-bond donors (Lipinski definition) is 0. The lowest BCUT2D eigenvalue weighted by Gasteiger charge is -2.31. The molecule has 208 valence electrons. The summed E-state index contributed by atoms with van der Waals surface area (Å²) in [5.41, 5.74) is 0.00459. The summed E-state index contributed by atoms with van der Waals surface area (Å²) in [5.74, 6) is -3.16. The number of benzene rings is 2. The molecule has 2 aromatic carbocycles. The van der Waals surface area contributed by atoms with Gasteiger partial charge in [-0.1, -0.05) is 24.3 Å². The third-order valence-electron chi connectivity index (χ3n) is 7.21. The summed E-state index contributed by atoms with van der Waals surface area (Å²) >= 11 is 0. The van der Waals surface area contributed by atoms with Crippen LogP contribution in [0, 0.1) is 11.6 Å². The molecule has 5 rings (SSSR count). The van der Waals surface area contributed by atoms with E-state index in [1.54, 1.807) is 6.07 Å². The summed E-state index contributed by atoms with van der Waals surface area (Å²) in [7, 11) is 0. The van der Waals surface area contributed by atoms with Gasteiger partial charge in [0.1, 0.15) is 29.9 Å². The molecular weight excluding hydrogens is 537 g/mol. The van der Waals surface area contributed by atoms with Crippen LogP contribution in [0.5, 0.6) is 0 Å². The maximum atomic E-state index is 14.2. The van der Waals surface area contributed by atoms with Crippen molar-refractivity contribution in [2.75, 3.05) is 6.54 Å². The number of hydrogen-bond acceptors (Lipinski definition) is 5. The number of ether oxygens (including phenoxy) is 1. The summed E-state index contributed by atoms with van der Waals surface area (Å²) in [4.78, 5) is 44.5. The second kappa shape index (κ2) is 10.00. The largest absolute Gasteiger partial charge is 0.427 e. The van der Waals surface area contributed by atoms with Crippen molar-refractivity contribution in [2.24, 2.45) is 0 Å². The zero-order valence-electron chi connectivity index (χ0n) is 21.0. The minimum Gasteiger partial charge on any atom is -0.427 e. The van der Waals surface area contributed by atoms with E-state index in [2.05, 4.69) is 4.98 Å². The van der Waals surface area contributed by atoms with E-state index in [1.165, 1.54) is 42.6 Å². The Morgan fingerprint density at radius 2 is 1.85 bits per heavy atom. The van der Waals surface area contributed by atoms with Gasteiger partial charge in [-0.3, -0.25) is 14.6 Å². The van der Waals surface area contributed by atoms with Gasteiger partial charge in [0.05, 0.1) is 0 Å². The standard InChI is InChI=1S/C28H22F5N3O4/c1-16(28(31,32)33)35(14-17-4-7-20(29)8-5-17)23(37)15-36-25(38)27(40-26(36)39)11-10-18-13-19(6-9-21(18)27)24-22(30)3-2-12-34-24/h2-9,12-13,16H,10-11,14-15H2,1H3/t16?,27-/m1/s1. The lowest BCUT2D eigenvalue weighted by molar-refractivity contribution is -0.187. The molecule has 12 heteroatoms. The van der Waals surface area contributed by atoms with Crippen molar-refractivity contribution in [1.82, 2.24) is 14.8 Å². The van der Waals surface area contributed by atoms with Crippen LogP contribution in [0.1, 0.15) is 30.0 Å². The van der Waals surface area contributed by atoms with Crippen LogP contribution in [0.25, 0.3) is 11.3 Å². The number of aryl methyl sites for hydroxylation is 1. The molecule has 0 radical (unpaired) electrons. The quantitative estimate of drug-likeness (QED) is 0.392. The Hall–Kier alpha value is -4.35. The molecule has 1 fully saturated rings. The molecule has 1 aliphatic carbocycles. The lowest BCUT2D eigenvalue weighted by Crippen LogP contribution is -2.51. The highest BCUT2D eigenvalue weighted by Gasteiger charge is 2.58. The Labute approximate surface area is 225 Å². The van der Waals surface area contributed by atoms with E-state index in [0.717, 1.165) is 19.1 Å². The highest BCUT2D eigenvalue weighted by Crippen LogP contribution is 2.46. The number of alkyl halides is 3. The minimum absolute atomic E-state index is 0.0456. The van der Waals surface area contributed by atoms with Crippen LogP contribution < -0.4 is 0 Å². The zero-order chi connectivity index (χ0) is 28.8. The van der Waals surface area contributed by atoms with Gasteiger partial charge in [0.15, 0.2) is 0 Å². The molecule has 1 aromatic heterocycles. The molecule has 0 N–H and O–H groups in total. The van der Waals surface area contributed by atoms with E-state index < -0.39 is 60.5 Å². The van der Waals surface area contributed by atoms with Gasteiger partial charge in [0.2, 0.25) is 11.5 Å². The number of imide groups is 1. The topological polar surface area (TPSA) is 79.8 Å². The summed E-state index contributed by atoms with van der Waals surface area (Å²) in [6.45, 7) is -0.729. The van der Waals surface area contributed by atoms with E-state index >= 15 is 0 Å². The predicted molar refractivity (Wildman–Crippen MR) is 130 cm³/mol. The Bertz CT molecular complexity index is 1490. The molecule has 7 nitrogen and oxygen atoms in total. The Balaban J connectivity index is 1.39. The SMILES string of the molecule is CC(N(Cc1ccc(F)cc1)C(=O)CN1C(=O)O[C@@]2(CCc3cc(-c4ncccc4F)ccc32)C1=O)C(F)(F)F. The van der Waals surface area contributed by atoms with Crippen LogP contribution in [0.4, 0.5) is 26.7 Å². The molecule has 1 aliphatic heterocycles. The van der Waals surface area contributed by atoms with Gasteiger partial charge in [-0.15, -0.1) is 0 Å². The Morgan fingerprint density at radius 3 is 2.52 bits per heavy atom. The highest BCUT2D eigenvalue weighted by atomic mass is 19.4. The Kier molecular flexibility index (Phi) is 6.80. The smallest absolute Gasteiger partial charge is 0.418 e. The van der Waals surface area contributed by atoms with Crippen LogP contribution in [-0.2, 0) is 32.9 Å². The van der Waals surface area contributed by atoms with E-state index in [4.69, 9.17) is 4.74 Å². The summed E-state index contributed by atoms with van der Waals surface area (Å²) in [6, 6.07) is 9.71. The van der Waals surface area contributed by atoms with Gasteiger partial charge in [-0.2, -0.15) is 13.2 Å². The number of aromatic nitrogens is 1. The fourth-order valence-electron chi connectivity index (χ4n) is 5.03. The molecule has 1 unspecified atom stereocenters. The van der Waals surface area contributed by atoms with Crippen LogP contribution in [0.3, 0.4) is 0 Å². The summed E-state index contributed by atoms with van der Waals surface area (Å²) < 4.78 is 73.9. The first-order valence-electron chi connectivity index (χ1n) is 12.3. The van der Waals surface area contributed by atoms with Gasteiger partial charge in [0.25, 0.3) is 5.91 Å². The second-order valence-electron chi connectivity index (χ2n) is 9.66. The average molecular weight is 559 g/mol. The van der Waals surface area contributed by atoms with Crippen molar-refractivity contribution in [3.8, 4) is 11.3 Å². The number of fused-ring (bicyclic) bond motifs is 2. The van der Waals surface area contributed by atoms with Crippen molar-refractivity contribution in [3.05, 3.63) is 89.1 Å². The molecule has 40 heavy (non-hydrogen) atoms. The third kappa shape index (κ3) is 4.78. The molecule has 2 heterocycles. The average Bonchev–Trinajstić information content (AvgIpc) is 3.39. The molecule has 0 bridgehead atoms. The third-order valence-corrected chi connectivity index (χ3v) is 7.21. The first kappa shape index (κ1) is 27.2. The van der Waals surface area contributed by atoms with Crippen LogP contribution >= 0.6 is 0 Å². The van der Waals surface area contributed by atoms with E-state index in [9.17, 15) is 36.3 Å². The minimum atomic E-state index is -4.80. The van der Waals surface area contributed by atoms with Crippen molar-refractivity contribution < 1.29 is 41.1 Å². The van der Waals surface area contributed by atoms with Gasteiger partial charge in [-0.25, -0.2) is 18.5 Å². The highest BCUT2D eigenvalue weighted by molar-refractivity contribution is 6.06. The van der Waals surface area contributed by atoms with Crippen LogP contribution in [0.2, 0.25) is 0 Å². The number of carbonyl (C=O) groups is 3. The molecule has 2 atom stereocenters. The molecule has 0 saturated carbocycles. The number of carbonyl (C=O) groups excluding carboxylic acids is 3. The predicted octanol–water partition coefficient (Wildman–Crippen LogP) is 5.13. The monoisotopic (exact) mass is 559 g/mol. The molecule has 3 aromatic rings. The van der Waals surface area contributed by atoms with Crippen molar-refractivity contribution >= 4 is 17.9 Å². The first-order chi connectivity index (χ1) is 18.9. The van der Waals surface area contributed by atoms with Gasteiger partial charge >= 0.3 is 12.3 Å². The number of rotatable bonds is 6. The number of amides is 3. The van der Waals surface area contributed by atoms with Crippen molar-refractivity contribution in [1.29, 1.82) is 0 Å². The maximum absolute atomic E-state index is 14.2. The number of pyridine rings is 1. The summed E-state index contributed by atoms with van der Waals surface area (Å²) in [5, 5.41) is 0. The summed E-state index contributed by atoms with van der Waals surface area (Å²) in [6.07, 6.45) is -4.19. The maximum Gasteiger partial charge on any atom is 0.418 e. The van der Waals surface area contributed by atoms with E-state index in [-0.39, 0.29) is 17.7 Å². The zero-order valence-corrected chi connectivity index (χ0v) is 21.0. The first-order valence-corrected chi connectivity index (χ1v) is 12.3. The van der Waals surface area contributed by atoms with Gasteiger partial charge < -0.3 is 9.64 Å². The van der Waals surface area contributed by atoms with E-state index in [0.29, 0.717) is 32.9 Å². The van der Waals surface area contributed by atoms with Gasteiger partial charge in [-0.05, 0) is 54.8 Å². The molecule has 1 spiro atoms. The lowest BCUT2D eigenvalue weighted by atomic mass is 9.93. The fraction of sp³-hybridized carbons (Fsp3) is 0.286. The van der Waals surface area contributed by atoms with Crippen molar-refractivity contribution in [2.45, 2.75) is 44.1 Å². The van der Waals surface area contributed by atoms with E-state index in [1.807, 2.05) is 0 Å².